The van der Waals surface area contributed by atoms with Gasteiger partial charge >= 0.3 is 6.61 Å². The molecule has 3 rings (SSSR count). The Bertz CT molecular complexity index is 975. The summed E-state index contributed by atoms with van der Waals surface area (Å²) in [7, 11) is 0. The first kappa shape index (κ1) is 19.0. The van der Waals surface area contributed by atoms with Gasteiger partial charge in [-0.2, -0.15) is 13.9 Å². The molecule has 27 heavy (non-hydrogen) atoms. The fraction of sp³-hybridized carbons (Fsp3) is 0.278. The number of alkyl halides is 2. The van der Waals surface area contributed by atoms with Crippen molar-refractivity contribution in [1.29, 1.82) is 0 Å². The van der Waals surface area contributed by atoms with Gasteiger partial charge in [-0.05, 0) is 38.5 Å². The first-order chi connectivity index (χ1) is 13.0. The maximum atomic E-state index is 12.8. The summed E-state index contributed by atoms with van der Waals surface area (Å²) in [5, 5.41) is 5.03. The highest BCUT2D eigenvalue weighted by Crippen LogP contribution is 2.33. The summed E-state index contributed by atoms with van der Waals surface area (Å²) in [6.07, 6.45) is 2.85. The normalized spacial score (nSPS) is 11.5. The topological polar surface area (TPSA) is 68.6 Å². The van der Waals surface area contributed by atoms with Crippen LogP contribution in [-0.2, 0) is 0 Å². The highest BCUT2D eigenvalue weighted by molar-refractivity contribution is 7.18. The van der Waals surface area contributed by atoms with Gasteiger partial charge < -0.3 is 9.47 Å². The molecule has 1 N–H and O–H groups in total. The van der Waals surface area contributed by atoms with Crippen LogP contribution in [0.15, 0.2) is 29.6 Å². The molecule has 0 aliphatic rings. The number of rotatable bonds is 7. The van der Waals surface area contributed by atoms with Crippen LogP contribution >= 0.6 is 11.3 Å². The molecule has 0 saturated heterocycles. The Balaban J connectivity index is 1.90. The van der Waals surface area contributed by atoms with Crippen LogP contribution in [0.2, 0.25) is 0 Å². The summed E-state index contributed by atoms with van der Waals surface area (Å²) < 4.78 is 35.5. The average molecular weight is 392 g/mol. The van der Waals surface area contributed by atoms with Gasteiger partial charge in [-0.1, -0.05) is 6.07 Å². The molecule has 0 amide bonds. The zero-order valence-electron chi connectivity index (χ0n) is 15.0. The summed E-state index contributed by atoms with van der Waals surface area (Å²) >= 11 is 1.58. The van der Waals surface area contributed by atoms with E-state index in [9.17, 15) is 8.78 Å². The fourth-order valence-corrected chi connectivity index (χ4v) is 3.55. The Labute approximate surface area is 158 Å². The molecule has 0 unspecified atom stereocenters. The predicted octanol–water partition coefficient (Wildman–Crippen LogP) is 4.75. The monoisotopic (exact) mass is 392 g/mol. The number of aryl methyl sites for hydroxylation is 2. The number of halogens is 2. The molecule has 2 heterocycles. The lowest BCUT2D eigenvalue weighted by Gasteiger charge is -2.13. The predicted molar refractivity (Wildman–Crippen MR) is 102 cm³/mol. The van der Waals surface area contributed by atoms with Crippen molar-refractivity contribution in [2.24, 2.45) is 5.10 Å². The number of hydrogen-bond acceptors (Lipinski definition) is 7. The van der Waals surface area contributed by atoms with Crippen LogP contribution in [0.5, 0.6) is 11.5 Å². The van der Waals surface area contributed by atoms with Crippen LogP contribution in [0.4, 0.5) is 14.6 Å². The largest absolute Gasteiger partial charge is 0.490 e. The van der Waals surface area contributed by atoms with Crippen LogP contribution in [0.25, 0.3) is 10.2 Å². The molecule has 0 saturated carbocycles. The van der Waals surface area contributed by atoms with Gasteiger partial charge in [0.05, 0.1) is 18.2 Å². The average Bonchev–Trinajstić information content (AvgIpc) is 2.92. The summed E-state index contributed by atoms with van der Waals surface area (Å²) in [6.45, 7) is 3.13. The van der Waals surface area contributed by atoms with Crippen LogP contribution in [0.1, 0.15) is 22.9 Å². The number of ether oxygens (including phenoxy) is 2. The van der Waals surface area contributed by atoms with Crippen molar-refractivity contribution in [3.8, 4) is 11.5 Å². The fourth-order valence-electron chi connectivity index (χ4n) is 2.55. The minimum absolute atomic E-state index is 0.0599. The van der Waals surface area contributed by atoms with Crippen LogP contribution in [-0.4, -0.2) is 29.4 Å². The van der Waals surface area contributed by atoms with E-state index < -0.39 is 6.61 Å². The molecule has 3 aromatic rings. The second-order valence-corrected chi connectivity index (χ2v) is 6.74. The molecule has 0 bridgehead atoms. The number of benzene rings is 1. The maximum absolute atomic E-state index is 12.8. The summed E-state index contributed by atoms with van der Waals surface area (Å²) in [5.41, 5.74) is 4.30. The first-order valence-corrected chi connectivity index (χ1v) is 9.03. The Morgan fingerprint density at radius 3 is 2.85 bits per heavy atom. The number of nitrogens with zero attached hydrogens (tertiary/aromatic N) is 3. The molecule has 6 nitrogen and oxygen atoms in total. The van der Waals surface area contributed by atoms with Gasteiger partial charge in [0.2, 0.25) is 0 Å². The van der Waals surface area contributed by atoms with E-state index in [1.165, 1.54) is 12.5 Å². The van der Waals surface area contributed by atoms with E-state index in [1.807, 2.05) is 13.8 Å². The molecule has 9 heteroatoms. The standard InChI is InChI=1S/C18H18F2N4O2S/c1-4-25-13-7-5-6-12(15(13)26-18(19)20)8-23-24-16-14-10(2)11(3)27-17(14)22-9-21-16/h5-9,18H,4H2,1-3H3,(H,21,22,24)/b23-8-. The Morgan fingerprint density at radius 2 is 2.11 bits per heavy atom. The van der Waals surface area contributed by atoms with Crippen molar-refractivity contribution in [1.82, 2.24) is 9.97 Å². The lowest BCUT2D eigenvalue weighted by atomic mass is 10.2. The summed E-state index contributed by atoms with van der Waals surface area (Å²) in [5.74, 6) is 0.723. The molecule has 0 fully saturated rings. The van der Waals surface area contributed by atoms with E-state index in [4.69, 9.17) is 4.74 Å². The smallest absolute Gasteiger partial charge is 0.387 e. The number of para-hydroxylation sites is 1. The van der Waals surface area contributed by atoms with Gasteiger partial charge in [-0.15, -0.1) is 11.3 Å². The zero-order chi connectivity index (χ0) is 19.4. The van der Waals surface area contributed by atoms with Crippen molar-refractivity contribution in [2.75, 3.05) is 12.0 Å². The van der Waals surface area contributed by atoms with E-state index in [2.05, 4.69) is 25.2 Å². The number of anilines is 1. The maximum Gasteiger partial charge on any atom is 0.387 e. The lowest BCUT2D eigenvalue weighted by Crippen LogP contribution is -2.07. The van der Waals surface area contributed by atoms with E-state index in [-0.39, 0.29) is 11.5 Å². The van der Waals surface area contributed by atoms with Crippen LogP contribution in [0.3, 0.4) is 0 Å². The third-order valence-corrected chi connectivity index (χ3v) is 4.97. The van der Waals surface area contributed by atoms with E-state index in [1.54, 1.807) is 36.5 Å². The van der Waals surface area contributed by atoms with Gasteiger partial charge in [-0.25, -0.2) is 9.97 Å². The second kappa shape index (κ2) is 8.26. The number of fused-ring (bicyclic) bond motifs is 1. The molecule has 0 spiro atoms. The first-order valence-electron chi connectivity index (χ1n) is 8.21. The Morgan fingerprint density at radius 1 is 1.30 bits per heavy atom. The molecular weight excluding hydrogens is 374 g/mol. The van der Waals surface area contributed by atoms with Gasteiger partial charge in [0.15, 0.2) is 17.3 Å². The number of nitrogens with one attached hydrogen (secondary N) is 1. The zero-order valence-corrected chi connectivity index (χ0v) is 15.8. The molecule has 142 valence electrons. The van der Waals surface area contributed by atoms with Crippen molar-refractivity contribution in [3.63, 3.8) is 0 Å². The lowest BCUT2D eigenvalue weighted by molar-refractivity contribution is -0.0515. The molecule has 0 aliphatic heterocycles. The van der Waals surface area contributed by atoms with Gasteiger partial charge in [0, 0.05) is 10.4 Å². The number of thiophene rings is 1. The third-order valence-electron chi connectivity index (χ3n) is 3.86. The highest BCUT2D eigenvalue weighted by atomic mass is 32.1. The van der Waals surface area contributed by atoms with Gasteiger partial charge in [-0.3, -0.25) is 5.43 Å². The Kier molecular flexibility index (Phi) is 5.80. The van der Waals surface area contributed by atoms with Crippen molar-refractivity contribution in [3.05, 3.63) is 40.5 Å². The SMILES string of the molecule is CCOc1cccc(/C=N\Nc2ncnc3sc(C)c(C)c23)c1OC(F)F. The number of hydrogen-bond donors (Lipinski definition) is 1. The second-order valence-electron chi connectivity index (χ2n) is 5.54. The van der Waals surface area contributed by atoms with Crippen LogP contribution < -0.4 is 14.9 Å². The molecule has 0 radical (unpaired) electrons. The van der Waals surface area contributed by atoms with Crippen molar-refractivity contribution in [2.45, 2.75) is 27.4 Å². The van der Waals surface area contributed by atoms with Gasteiger partial charge in [0.25, 0.3) is 0 Å². The quantitative estimate of drug-likeness (QED) is 0.464. The molecular formula is C18H18F2N4O2S. The minimum atomic E-state index is -2.97. The minimum Gasteiger partial charge on any atom is -0.490 e. The van der Waals surface area contributed by atoms with Crippen molar-refractivity contribution >= 4 is 33.6 Å². The summed E-state index contributed by atoms with van der Waals surface area (Å²) in [4.78, 5) is 10.5. The molecule has 2 aromatic heterocycles. The third kappa shape index (κ3) is 4.13. The number of aromatic nitrogens is 2. The molecule has 0 aliphatic carbocycles. The Hall–Kier alpha value is -2.81. The van der Waals surface area contributed by atoms with Crippen LogP contribution in [0, 0.1) is 13.8 Å². The molecule has 1 aromatic carbocycles. The van der Waals surface area contributed by atoms with E-state index in [0.717, 1.165) is 20.7 Å². The van der Waals surface area contributed by atoms with E-state index in [0.29, 0.717) is 18.0 Å². The summed E-state index contributed by atoms with van der Waals surface area (Å²) in [6, 6.07) is 4.86. The van der Waals surface area contributed by atoms with E-state index >= 15 is 0 Å². The van der Waals surface area contributed by atoms with Crippen molar-refractivity contribution < 1.29 is 18.3 Å². The number of hydrazone groups is 1. The highest BCUT2D eigenvalue weighted by Gasteiger charge is 2.15. The van der Waals surface area contributed by atoms with Gasteiger partial charge in [0.1, 0.15) is 11.2 Å². The molecule has 0 atom stereocenters.